The zero-order valence-electron chi connectivity index (χ0n) is 21.7. The van der Waals surface area contributed by atoms with E-state index in [-0.39, 0.29) is 4.90 Å². The van der Waals surface area contributed by atoms with Gasteiger partial charge in [0.05, 0.1) is 12.1 Å². The van der Waals surface area contributed by atoms with Gasteiger partial charge in [-0.1, -0.05) is 67.6 Å². The summed E-state index contributed by atoms with van der Waals surface area (Å²) in [6, 6.07) is 26.8. The number of sulfonamides is 1. The number of nitrogens with one attached hydrogen (secondary N) is 1. The third kappa shape index (κ3) is 6.57. The molecular weight excluding hydrogens is 496 g/mol. The Balaban J connectivity index is 1.13. The molecule has 1 atom stereocenters. The monoisotopic (exact) mass is 530 g/mol. The van der Waals surface area contributed by atoms with Crippen LogP contribution < -0.4 is 4.72 Å². The number of nitrogens with zero attached hydrogens (tertiary/aromatic N) is 3. The number of hydroxylamine groups is 2. The van der Waals surface area contributed by atoms with E-state index in [1.165, 1.54) is 5.56 Å². The lowest BCUT2D eigenvalue weighted by Gasteiger charge is -2.24. The molecule has 5 rings (SSSR count). The van der Waals surface area contributed by atoms with E-state index in [2.05, 4.69) is 56.9 Å². The number of pyridine rings is 1. The fraction of sp³-hybridized carbons (Fsp3) is 0.300. The second-order valence-corrected chi connectivity index (χ2v) is 11.5. The van der Waals surface area contributed by atoms with Crippen LogP contribution >= 0.6 is 0 Å². The van der Waals surface area contributed by atoms with Gasteiger partial charge in [0, 0.05) is 43.4 Å². The Morgan fingerprint density at radius 2 is 1.68 bits per heavy atom. The minimum atomic E-state index is -3.77. The topological polar surface area (TPSA) is 74.8 Å². The number of rotatable bonds is 9. The zero-order chi connectivity index (χ0) is 26.4. The lowest BCUT2D eigenvalue weighted by Crippen LogP contribution is -2.33. The molecule has 1 aliphatic heterocycles. The molecule has 2 heterocycles. The van der Waals surface area contributed by atoms with Gasteiger partial charge < -0.3 is 4.90 Å². The van der Waals surface area contributed by atoms with Gasteiger partial charge in [-0.05, 0) is 54.3 Å². The predicted molar refractivity (Wildman–Crippen MR) is 151 cm³/mol. The van der Waals surface area contributed by atoms with E-state index in [4.69, 9.17) is 4.84 Å². The summed E-state index contributed by atoms with van der Waals surface area (Å²) in [5, 5.41) is 2.84. The lowest BCUT2D eigenvalue weighted by atomic mass is 10.0. The first-order valence-corrected chi connectivity index (χ1v) is 14.6. The van der Waals surface area contributed by atoms with E-state index in [1.54, 1.807) is 36.5 Å². The highest BCUT2D eigenvalue weighted by molar-refractivity contribution is 7.93. The number of anilines is 1. The van der Waals surface area contributed by atoms with Crippen molar-refractivity contribution < 1.29 is 13.3 Å². The standard InChI is InChI=1S/C30H34N4O3S/c1-24(26-8-3-2-4-9-26)22-33-18-7-19-34(21-20-33)37-23-25-13-15-28(16-14-25)32-38(35,36)29-12-5-10-27-11-6-17-31-30(27)29/h2-6,8-17,24,32H,7,18-23H2,1H3. The number of fused-ring (bicyclic) bond motifs is 1. The molecule has 4 aromatic rings. The fourth-order valence-corrected chi connectivity index (χ4v) is 6.11. The van der Waals surface area contributed by atoms with Gasteiger partial charge in [-0.15, -0.1) is 0 Å². The van der Waals surface area contributed by atoms with Gasteiger partial charge in [-0.3, -0.25) is 14.5 Å². The van der Waals surface area contributed by atoms with E-state index < -0.39 is 10.0 Å². The van der Waals surface area contributed by atoms with Gasteiger partial charge in [-0.25, -0.2) is 8.42 Å². The summed E-state index contributed by atoms with van der Waals surface area (Å²) in [5.74, 6) is 0.497. The van der Waals surface area contributed by atoms with Crippen LogP contribution in [-0.4, -0.2) is 56.1 Å². The summed E-state index contributed by atoms with van der Waals surface area (Å²) < 4.78 is 28.8. The number of benzene rings is 3. The average Bonchev–Trinajstić information content (AvgIpc) is 3.17. The second-order valence-electron chi connectivity index (χ2n) is 9.80. The van der Waals surface area contributed by atoms with E-state index in [9.17, 15) is 8.42 Å². The van der Waals surface area contributed by atoms with E-state index in [1.807, 2.05) is 24.3 Å². The van der Waals surface area contributed by atoms with Crippen LogP contribution in [-0.2, 0) is 21.5 Å². The molecule has 0 spiro atoms. The minimum absolute atomic E-state index is 0.163. The number of aromatic nitrogens is 1. The van der Waals surface area contributed by atoms with Crippen molar-refractivity contribution in [2.45, 2.75) is 30.8 Å². The third-order valence-electron chi connectivity index (χ3n) is 6.95. The molecule has 1 N–H and O–H groups in total. The highest BCUT2D eigenvalue weighted by Gasteiger charge is 2.19. The third-order valence-corrected chi connectivity index (χ3v) is 8.37. The SMILES string of the molecule is CC(CN1CCCN(OCc2ccc(NS(=O)(=O)c3cccc4cccnc34)cc2)CC1)c1ccccc1. The molecule has 0 aliphatic carbocycles. The van der Waals surface area contributed by atoms with Gasteiger partial charge in [0.15, 0.2) is 0 Å². The number of hydrogen-bond acceptors (Lipinski definition) is 6. The molecular formula is C30H34N4O3S. The van der Waals surface area contributed by atoms with Crippen molar-refractivity contribution in [3.8, 4) is 0 Å². The molecule has 7 nitrogen and oxygen atoms in total. The van der Waals surface area contributed by atoms with E-state index >= 15 is 0 Å². The maximum atomic E-state index is 13.1. The van der Waals surface area contributed by atoms with Gasteiger partial charge >= 0.3 is 0 Å². The molecule has 8 heteroatoms. The Morgan fingerprint density at radius 3 is 2.50 bits per heavy atom. The van der Waals surface area contributed by atoms with E-state index in [0.29, 0.717) is 23.7 Å². The molecule has 198 valence electrons. The van der Waals surface area contributed by atoms with Crippen LogP contribution in [0, 0.1) is 0 Å². The number of para-hydroxylation sites is 1. The van der Waals surface area contributed by atoms with Crippen molar-refractivity contribution in [3.63, 3.8) is 0 Å². The first kappa shape index (κ1) is 26.3. The molecule has 1 aliphatic rings. The first-order chi connectivity index (χ1) is 18.5. The maximum Gasteiger partial charge on any atom is 0.264 e. The van der Waals surface area contributed by atoms with Crippen LogP contribution in [0.1, 0.15) is 30.4 Å². The van der Waals surface area contributed by atoms with Crippen molar-refractivity contribution in [2.24, 2.45) is 0 Å². The van der Waals surface area contributed by atoms with Crippen LogP contribution in [0.15, 0.2) is 96.0 Å². The smallest absolute Gasteiger partial charge is 0.264 e. The summed E-state index contributed by atoms with van der Waals surface area (Å²) >= 11 is 0. The van der Waals surface area contributed by atoms with Crippen molar-refractivity contribution in [2.75, 3.05) is 37.4 Å². The molecule has 1 aromatic heterocycles. The molecule has 38 heavy (non-hydrogen) atoms. The lowest BCUT2D eigenvalue weighted by molar-refractivity contribution is -0.166. The van der Waals surface area contributed by atoms with Crippen molar-refractivity contribution in [1.82, 2.24) is 14.9 Å². The molecule has 0 radical (unpaired) electrons. The molecule has 0 saturated carbocycles. The van der Waals surface area contributed by atoms with Crippen LogP contribution in [0.2, 0.25) is 0 Å². The Kier molecular flexibility index (Phi) is 8.34. The largest absolute Gasteiger partial charge is 0.301 e. The Labute approximate surface area is 225 Å². The van der Waals surface area contributed by atoms with Crippen LogP contribution in [0.5, 0.6) is 0 Å². The molecule has 0 amide bonds. The average molecular weight is 531 g/mol. The van der Waals surface area contributed by atoms with Crippen LogP contribution in [0.25, 0.3) is 10.9 Å². The normalized spacial score (nSPS) is 16.2. The van der Waals surface area contributed by atoms with Gasteiger partial charge in [-0.2, -0.15) is 5.06 Å². The van der Waals surface area contributed by atoms with Gasteiger partial charge in [0.1, 0.15) is 4.90 Å². The van der Waals surface area contributed by atoms with Crippen molar-refractivity contribution in [1.29, 1.82) is 0 Å². The second kappa shape index (κ2) is 12.0. The summed E-state index contributed by atoms with van der Waals surface area (Å²) in [7, 11) is -3.77. The molecule has 0 bridgehead atoms. The predicted octanol–water partition coefficient (Wildman–Crippen LogP) is 5.28. The maximum absolute atomic E-state index is 13.1. The van der Waals surface area contributed by atoms with Crippen molar-refractivity contribution >= 4 is 26.6 Å². The summed E-state index contributed by atoms with van der Waals surface area (Å²) in [6.07, 6.45) is 2.66. The molecule has 1 fully saturated rings. The van der Waals surface area contributed by atoms with Gasteiger partial charge in [0.25, 0.3) is 10.0 Å². The fourth-order valence-electron chi connectivity index (χ4n) is 4.87. The van der Waals surface area contributed by atoms with Crippen molar-refractivity contribution in [3.05, 3.63) is 102 Å². The highest BCUT2D eigenvalue weighted by Crippen LogP contribution is 2.24. The first-order valence-electron chi connectivity index (χ1n) is 13.1. The van der Waals surface area contributed by atoms with Gasteiger partial charge in [0.2, 0.25) is 0 Å². The number of hydrogen-bond donors (Lipinski definition) is 1. The molecule has 1 saturated heterocycles. The molecule has 1 unspecified atom stereocenters. The minimum Gasteiger partial charge on any atom is -0.301 e. The summed E-state index contributed by atoms with van der Waals surface area (Å²) in [4.78, 5) is 13.1. The molecule has 3 aromatic carbocycles. The van der Waals surface area contributed by atoms with Crippen LogP contribution in [0.3, 0.4) is 0 Å². The summed E-state index contributed by atoms with van der Waals surface area (Å²) in [5.41, 5.74) is 3.32. The van der Waals surface area contributed by atoms with Crippen LogP contribution in [0.4, 0.5) is 5.69 Å². The Morgan fingerprint density at radius 1 is 0.895 bits per heavy atom. The highest BCUT2D eigenvalue weighted by atomic mass is 32.2. The summed E-state index contributed by atoms with van der Waals surface area (Å²) in [6.45, 7) is 7.58. The zero-order valence-corrected chi connectivity index (χ0v) is 22.5. The Hall–Kier alpha value is -3.30. The van der Waals surface area contributed by atoms with E-state index in [0.717, 1.165) is 50.1 Å². The quantitative estimate of drug-likeness (QED) is 0.317. The Bertz CT molecular complexity index is 1440.